The molecule has 0 spiro atoms. The summed E-state index contributed by atoms with van der Waals surface area (Å²) >= 11 is 0. The van der Waals surface area contributed by atoms with Crippen LogP contribution in [0.15, 0.2) is 15.8 Å². The van der Waals surface area contributed by atoms with Crippen LogP contribution in [0.5, 0.6) is 0 Å². The Morgan fingerprint density at radius 1 is 0.615 bits per heavy atom. The molecule has 1 unspecified atom stereocenters. The van der Waals surface area contributed by atoms with E-state index in [1.54, 1.807) is 11.1 Å². The molecule has 0 saturated carbocycles. The second-order valence-corrected chi connectivity index (χ2v) is 59.1. The Hall–Kier alpha value is -1.40. The van der Waals surface area contributed by atoms with E-state index in [-0.39, 0.29) is 48.2 Å². The first-order valence-corrected chi connectivity index (χ1v) is 48.2. The van der Waals surface area contributed by atoms with Gasteiger partial charge in [-0.2, -0.15) is 0 Å². The van der Waals surface area contributed by atoms with Crippen LogP contribution in [0.4, 0.5) is 4.79 Å². The molecule has 78 heavy (non-hydrogen) atoms. The molecule has 16 nitrogen and oxygen atoms in total. The van der Waals surface area contributed by atoms with Gasteiger partial charge >= 0.3 is 11.7 Å². The van der Waals surface area contributed by atoms with Gasteiger partial charge < -0.3 is 36.7 Å². The van der Waals surface area contributed by atoms with Crippen molar-refractivity contribution in [2.75, 3.05) is 39.7 Å². The van der Waals surface area contributed by atoms with Crippen molar-refractivity contribution in [1.29, 1.82) is 0 Å². The third kappa shape index (κ3) is 17.4. The van der Waals surface area contributed by atoms with Crippen molar-refractivity contribution >= 4 is 61.4 Å². The van der Waals surface area contributed by atoms with Crippen molar-refractivity contribution in [3.8, 4) is 0 Å². The normalized spacial score (nSPS) is 24.6. The highest BCUT2D eigenvalue weighted by Crippen LogP contribution is 2.44. The highest BCUT2D eigenvalue weighted by molar-refractivity contribution is 6.77. The maximum absolute atomic E-state index is 15.3. The molecule has 0 radical (unpaired) electrons. The lowest BCUT2D eigenvalue weighted by Gasteiger charge is -2.46. The maximum Gasteiger partial charge on any atom is 0.335 e. The molecule has 1 aromatic rings. The van der Waals surface area contributed by atoms with Gasteiger partial charge in [-0.25, -0.2) is 19.1 Å². The summed E-state index contributed by atoms with van der Waals surface area (Å²) < 4.78 is 57.1. The Morgan fingerprint density at radius 2 is 1.08 bits per heavy atom. The van der Waals surface area contributed by atoms with E-state index in [1.807, 2.05) is 6.92 Å². The molecule has 3 saturated heterocycles. The van der Waals surface area contributed by atoms with Crippen LogP contribution in [-0.4, -0.2) is 151 Å². The first kappa shape index (κ1) is 69.1. The Balaban J connectivity index is 1.88. The lowest BCUT2D eigenvalue weighted by atomic mass is 9.80. The molecule has 7 atom stereocenters. The zero-order chi connectivity index (χ0) is 59.3. The summed E-state index contributed by atoms with van der Waals surface area (Å²) in [7, 11) is -11.9. The molecule has 1 aromatic heterocycles. The molecule has 3 aliphatic rings. The Bertz CT molecular complexity index is 2230. The van der Waals surface area contributed by atoms with E-state index >= 15 is 14.4 Å². The van der Waals surface area contributed by atoms with Crippen LogP contribution in [-0.2, 0) is 54.6 Å². The first-order chi connectivity index (χ1) is 35.8. The van der Waals surface area contributed by atoms with Crippen LogP contribution in [0.25, 0.3) is 0 Å². The minimum atomic E-state index is -2.37. The molecule has 4 rings (SSSR count). The van der Waals surface area contributed by atoms with Crippen LogP contribution >= 0.6 is 0 Å². The number of hydrogen-bond donors (Lipinski definition) is 0. The van der Waals surface area contributed by atoms with E-state index in [0.29, 0.717) is 39.3 Å². The summed E-state index contributed by atoms with van der Waals surface area (Å²) in [5.41, 5.74) is -2.26. The molecule has 3 aliphatic heterocycles. The zero-order valence-electron chi connectivity index (χ0n) is 53.5. The van der Waals surface area contributed by atoms with Gasteiger partial charge in [0.2, 0.25) is 5.91 Å². The van der Waals surface area contributed by atoms with E-state index in [0.717, 1.165) is 52.9 Å². The van der Waals surface area contributed by atoms with Crippen molar-refractivity contribution in [2.24, 2.45) is 5.41 Å². The van der Waals surface area contributed by atoms with Crippen molar-refractivity contribution in [1.82, 2.24) is 18.9 Å². The number of carbonyl (C=O) groups excluding carboxylic acids is 2. The predicted octanol–water partition coefficient (Wildman–Crippen LogP) is 12.7. The Labute approximate surface area is 478 Å². The average molecular weight is 1200 g/mol. The highest BCUT2D eigenvalue weighted by Gasteiger charge is 2.54. The number of hydrogen-bond acceptors (Lipinski definition) is 12. The molecule has 3 amide bonds. The number of ether oxygens (including phenoxy) is 4. The molecule has 0 N–H and O–H groups in total. The number of nitrogens with zero attached hydrogens (tertiary/aromatic N) is 4. The number of rotatable bonds is 30. The first-order valence-electron chi connectivity index (χ1n) is 29.9. The fraction of sp³-hybridized carbons (Fsp3) is 0.893. The molecule has 0 aliphatic carbocycles. The SMILES string of the molecule is CC[Si](CC)(CC)OC[C@H]1O[C@@H](N2CC(C)(Cc3cn([C@H]4C[C@H](O[Si](C)(C)C(C)(C)C)[C@@H](CO[Si](C)(C)C(C)(C)C)O4)c(=O)n(COCC[Si](C)(C)C)c3=O)C(=O)N(COCC[Si](C)(C)C)C2=O)C[C@@H]1O[Si](CC)(CC)CC. The summed E-state index contributed by atoms with van der Waals surface area (Å²) in [5, 5.41) is -0.148. The third-order valence-electron chi connectivity index (χ3n) is 18.5. The molecule has 22 heteroatoms. The summed E-state index contributed by atoms with van der Waals surface area (Å²) in [6, 6.07) is 7.01. The Morgan fingerprint density at radius 3 is 1.56 bits per heavy atom. The molecular weight excluding hydrogens is 1090 g/mol. The van der Waals surface area contributed by atoms with Gasteiger partial charge in [0, 0.05) is 60.5 Å². The van der Waals surface area contributed by atoms with Gasteiger partial charge in [-0.05, 0) is 98.0 Å². The summed E-state index contributed by atoms with van der Waals surface area (Å²) in [4.78, 5) is 63.2. The number of carbonyl (C=O) groups is 2. The summed E-state index contributed by atoms with van der Waals surface area (Å²) in [5.74, 6) is -0.459. The van der Waals surface area contributed by atoms with Gasteiger partial charge in [0.15, 0.2) is 33.3 Å². The van der Waals surface area contributed by atoms with Gasteiger partial charge in [-0.3, -0.25) is 19.1 Å². The number of amides is 3. The minimum absolute atomic E-state index is 0.0446. The second-order valence-electron chi connectivity index (χ2n) is 28.8. The van der Waals surface area contributed by atoms with E-state index in [1.165, 1.54) is 9.47 Å². The summed E-state index contributed by atoms with van der Waals surface area (Å²) in [6.07, 6.45) is -0.958. The van der Waals surface area contributed by atoms with Gasteiger partial charge in [0.25, 0.3) is 5.56 Å². The number of aromatic nitrogens is 2. The molecule has 0 bridgehead atoms. The van der Waals surface area contributed by atoms with Gasteiger partial charge in [0.05, 0.1) is 30.8 Å². The topological polar surface area (TPSA) is 158 Å². The monoisotopic (exact) mass is 1200 g/mol. The standard InChI is InChI=1S/C56H112N4O12Si6/c1-24-77(25-2,26-3)68-39-47-45(72-78(27-4,28-5)29-6)35-49(70-47)58-40-56(13,51(62)60(53(58)64)42-66-31-33-74(17,18)19)36-43-37-57(52(63)59(50(43)61)41-65-30-32-73(14,15)16)48-34-44(71-76(22,23)55(10,11)12)46(69-48)38-67-75(20,21)54(7,8)9/h37,44-49H,24-36,38-42H2,1-23H3/t44-,45-,46+,47+,48+,49+,56?/m0/s1. The van der Waals surface area contributed by atoms with Gasteiger partial charge in [-0.15, -0.1) is 0 Å². The van der Waals surface area contributed by atoms with Crippen molar-refractivity contribution in [3.63, 3.8) is 0 Å². The molecular formula is C56H112N4O12Si6. The van der Waals surface area contributed by atoms with E-state index < -0.39 is 109 Å². The quantitative estimate of drug-likeness (QED) is 0.0531. The lowest BCUT2D eigenvalue weighted by molar-refractivity contribution is -0.154. The maximum atomic E-state index is 15.3. The fourth-order valence-electron chi connectivity index (χ4n) is 10.2. The highest BCUT2D eigenvalue weighted by atomic mass is 28.4. The van der Waals surface area contributed by atoms with Crippen LogP contribution in [0, 0.1) is 5.41 Å². The predicted molar refractivity (Wildman–Crippen MR) is 331 cm³/mol. The number of imide groups is 1. The summed E-state index contributed by atoms with van der Waals surface area (Å²) in [6.45, 7) is 51.6. The largest absolute Gasteiger partial charge is 0.414 e. The Kier molecular flexibility index (Phi) is 24.0. The van der Waals surface area contributed by atoms with E-state index in [2.05, 4.69) is 149 Å². The van der Waals surface area contributed by atoms with Gasteiger partial charge in [-0.1, -0.05) is 122 Å². The smallest absolute Gasteiger partial charge is 0.335 e. The van der Waals surface area contributed by atoms with Crippen molar-refractivity contribution in [3.05, 3.63) is 32.6 Å². The van der Waals surface area contributed by atoms with E-state index in [4.69, 9.17) is 36.7 Å². The van der Waals surface area contributed by atoms with Crippen LogP contribution in [0.3, 0.4) is 0 Å². The lowest BCUT2D eigenvalue weighted by Crippen LogP contribution is -2.64. The zero-order valence-corrected chi connectivity index (χ0v) is 59.5. The molecule has 452 valence electrons. The molecule has 0 aromatic carbocycles. The van der Waals surface area contributed by atoms with Crippen LogP contribution in [0.2, 0.25) is 124 Å². The third-order valence-corrected chi connectivity index (χ3v) is 40.3. The minimum Gasteiger partial charge on any atom is -0.414 e. The second kappa shape index (κ2) is 27.1. The van der Waals surface area contributed by atoms with E-state index in [9.17, 15) is 4.79 Å². The fourth-order valence-corrected chi connectivity index (χ4v) is 19.6. The van der Waals surface area contributed by atoms with Gasteiger partial charge in [0.1, 0.15) is 38.1 Å². The average Bonchev–Trinajstić information content (AvgIpc) is 3.93. The number of urea groups is 1. The van der Waals surface area contributed by atoms with Crippen LogP contribution in [0.1, 0.15) is 115 Å². The van der Waals surface area contributed by atoms with Crippen LogP contribution < -0.4 is 11.2 Å². The van der Waals surface area contributed by atoms with Crippen molar-refractivity contribution < 1.29 is 46.2 Å². The molecule has 3 fully saturated rings. The molecule has 4 heterocycles. The van der Waals surface area contributed by atoms with Crippen molar-refractivity contribution in [2.45, 2.75) is 277 Å².